The zero-order valence-corrected chi connectivity index (χ0v) is 13.5. The van der Waals surface area contributed by atoms with Crippen LogP contribution in [0, 0.1) is 11.8 Å². The van der Waals surface area contributed by atoms with E-state index in [1.807, 2.05) is 0 Å². The zero-order chi connectivity index (χ0) is 13.0. The smallest absolute Gasteiger partial charge is 0.0477 e. The average Bonchev–Trinajstić information content (AvgIpc) is 2.21. The molecule has 0 bridgehead atoms. The van der Waals surface area contributed by atoms with Gasteiger partial charge in [-0.15, -0.1) is 11.6 Å². The number of alkyl halides is 1. The highest BCUT2D eigenvalue weighted by molar-refractivity contribution is 9.10. The standard InChI is InChI=1S/C15H22BrCl/c1-10(2)5-12-7-13(6-11(3)4)15(16)8-14(12)9-17/h7-8,10-11H,5-6,9H2,1-4H3. The molecule has 1 rings (SSSR count). The second kappa shape index (κ2) is 6.80. The molecule has 0 aliphatic carbocycles. The Kier molecular flexibility index (Phi) is 6.02. The van der Waals surface area contributed by atoms with Crippen LogP contribution in [0.2, 0.25) is 0 Å². The summed E-state index contributed by atoms with van der Waals surface area (Å²) in [5, 5.41) is 0. The fourth-order valence-corrected chi connectivity index (χ4v) is 2.86. The van der Waals surface area contributed by atoms with E-state index in [4.69, 9.17) is 11.6 Å². The van der Waals surface area contributed by atoms with Crippen LogP contribution in [0.3, 0.4) is 0 Å². The Morgan fingerprint density at radius 3 is 1.94 bits per heavy atom. The lowest BCUT2D eigenvalue weighted by atomic mass is 9.94. The van der Waals surface area contributed by atoms with Crippen LogP contribution in [0.25, 0.3) is 0 Å². The summed E-state index contributed by atoms with van der Waals surface area (Å²) < 4.78 is 1.20. The molecule has 0 spiro atoms. The van der Waals surface area contributed by atoms with E-state index in [0.29, 0.717) is 17.7 Å². The van der Waals surface area contributed by atoms with Crippen LogP contribution in [-0.4, -0.2) is 0 Å². The van der Waals surface area contributed by atoms with Crippen LogP contribution in [0.5, 0.6) is 0 Å². The highest BCUT2D eigenvalue weighted by atomic mass is 79.9. The quantitative estimate of drug-likeness (QED) is 0.621. The largest absolute Gasteiger partial charge is 0.122 e. The molecule has 0 aliphatic heterocycles. The predicted molar refractivity (Wildman–Crippen MR) is 80.8 cm³/mol. The number of benzene rings is 1. The number of hydrogen-bond acceptors (Lipinski definition) is 0. The van der Waals surface area contributed by atoms with Crippen molar-refractivity contribution in [3.05, 3.63) is 33.3 Å². The summed E-state index contributed by atoms with van der Waals surface area (Å²) in [5.41, 5.74) is 4.08. The molecule has 0 heterocycles. The van der Waals surface area contributed by atoms with E-state index in [0.717, 1.165) is 12.8 Å². The molecule has 0 fully saturated rings. The Morgan fingerprint density at radius 2 is 1.47 bits per heavy atom. The summed E-state index contributed by atoms with van der Waals surface area (Å²) in [6.07, 6.45) is 2.23. The van der Waals surface area contributed by atoms with Crippen molar-refractivity contribution in [2.75, 3.05) is 0 Å². The van der Waals surface area contributed by atoms with Crippen molar-refractivity contribution < 1.29 is 0 Å². The van der Waals surface area contributed by atoms with Crippen LogP contribution in [0.4, 0.5) is 0 Å². The van der Waals surface area contributed by atoms with Crippen LogP contribution in [0.15, 0.2) is 16.6 Å². The van der Waals surface area contributed by atoms with Gasteiger partial charge in [0.15, 0.2) is 0 Å². The maximum Gasteiger partial charge on any atom is 0.0477 e. The molecule has 17 heavy (non-hydrogen) atoms. The van der Waals surface area contributed by atoms with E-state index in [9.17, 15) is 0 Å². The summed E-state index contributed by atoms with van der Waals surface area (Å²) in [6, 6.07) is 4.53. The van der Waals surface area contributed by atoms with Crippen molar-refractivity contribution in [3.63, 3.8) is 0 Å². The molecular weight excluding hydrogens is 296 g/mol. The van der Waals surface area contributed by atoms with E-state index in [-0.39, 0.29) is 0 Å². The van der Waals surface area contributed by atoms with Gasteiger partial charge in [-0.2, -0.15) is 0 Å². The first kappa shape index (κ1) is 15.0. The van der Waals surface area contributed by atoms with Crippen LogP contribution >= 0.6 is 27.5 Å². The number of hydrogen-bond donors (Lipinski definition) is 0. The minimum absolute atomic E-state index is 0.600. The van der Waals surface area contributed by atoms with Gasteiger partial charge in [0.1, 0.15) is 0 Å². The van der Waals surface area contributed by atoms with E-state index in [1.54, 1.807) is 0 Å². The molecule has 0 aromatic heterocycles. The van der Waals surface area contributed by atoms with Gasteiger partial charge < -0.3 is 0 Å². The summed E-state index contributed by atoms with van der Waals surface area (Å²) in [4.78, 5) is 0. The summed E-state index contributed by atoms with van der Waals surface area (Å²) >= 11 is 9.68. The Balaban J connectivity index is 3.08. The van der Waals surface area contributed by atoms with E-state index in [2.05, 4.69) is 55.8 Å². The lowest BCUT2D eigenvalue weighted by Crippen LogP contribution is -2.03. The highest BCUT2D eigenvalue weighted by Crippen LogP contribution is 2.27. The lowest BCUT2D eigenvalue weighted by Gasteiger charge is -2.15. The van der Waals surface area contributed by atoms with E-state index < -0.39 is 0 Å². The monoisotopic (exact) mass is 316 g/mol. The molecule has 0 aliphatic rings. The van der Waals surface area contributed by atoms with Gasteiger partial charge in [-0.25, -0.2) is 0 Å². The van der Waals surface area contributed by atoms with Gasteiger partial charge in [0, 0.05) is 10.4 Å². The molecule has 1 aromatic rings. The Morgan fingerprint density at radius 1 is 0.941 bits per heavy atom. The highest BCUT2D eigenvalue weighted by Gasteiger charge is 2.10. The number of halogens is 2. The van der Waals surface area contributed by atoms with E-state index in [1.165, 1.54) is 21.2 Å². The average molecular weight is 318 g/mol. The van der Waals surface area contributed by atoms with Gasteiger partial charge in [-0.3, -0.25) is 0 Å². The molecular formula is C15H22BrCl. The summed E-state index contributed by atoms with van der Waals surface area (Å²) in [5.74, 6) is 1.95. The van der Waals surface area contributed by atoms with Crippen molar-refractivity contribution in [3.8, 4) is 0 Å². The molecule has 0 radical (unpaired) electrons. The van der Waals surface area contributed by atoms with Crippen molar-refractivity contribution >= 4 is 27.5 Å². The molecule has 0 saturated carbocycles. The van der Waals surface area contributed by atoms with Crippen LogP contribution in [-0.2, 0) is 18.7 Å². The third-order valence-electron chi connectivity index (χ3n) is 2.77. The summed E-state index contributed by atoms with van der Waals surface area (Å²) in [7, 11) is 0. The summed E-state index contributed by atoms with van der Waals surface area (Å²) in [6.45, 7) is 9.01. The van der Waals surface area contributed by atoms with Crippen molar-refractivity contribution in [2.45, 2.75) is 46.4 Å². The van der Waals surface area contributed by atoms with Gasteiger partial charge >= 0.3 is 0 Å². The Hall–Kier alpha value is -0.0100. The zero-order valence-electron chi connectivity index (χ0n) is 11.2. The van der Waals surface area contributed by atoms with Gasteiger partial charge in [0.05, 0.1) is 0 Å². The van der Waals surface area contributed by atoms with Crippen molar-refractivity contribution in [2.24, 2.45) is 11.8 Å². The topological polar surface area (TPSA) is 0 Å². The van der Waals surface area contributed by atoms with Gasteiger partial charge in [0.25, 0.3) is 0 Å². The third kappa shape index (κ3) is 4.63. The lowest BCUT2D eigenvalue weighted by molar-refractivity contribution is 0.633. The maximum absolute atomic E-state index is 6.02. The molecule has 0 nitrogen and oxygen atoms in total. The van der Waals surface area contributed by atoms with Crippen molar-refractivity contribution in [1.82, 2.24) is 0 Å². The minimum Gasteiger partial charge on any atom is -0.122 e. The van der Waals surface area contributed by atoms with E-state index >= 15 is 0 Å². The fourth-order valence-electron chi connectivity index (χ4n) is 2.06. The van der Waals surface area contributed by atoms with Crippen molar-refractivity contribution in [1.29, 1.82) is 0 Å². The molecule has 2 heteroatoms. The Bertz CT molecular complexity index is 369. The molecule has 0 saturated heterocycles. The molecule has 0 N–H and O–H groups in total. The first-order chi connectivity index (χ1) is 7.93. The fraction of sp³-hybridized carbons (Fsp3) is 0.600. The molecule has 0 atom stereocenters. The normalized spacial score (nSPS) is 11.5. The van der Waals surface area contributed by atoms with Crippen LogP contribution in [0.1, 0.15) is 44.4 Å². The first-order valence-corrected chi connectivity index (χ1v) is 7.63. The molecule has 0 unspecified atom stereocenters. The molecule has 96 valence electrons. The first-order valence-electron chi connectivity index (χ1n) is 6.30. The van der Waals surface area contributed by atoms with Crippen LogP contribution < -0.4 is 0 Å². The Labute approximate surface area is 119 Å². The molecule has 1 aromatic carbocycles. The molecule has 0 amide bonds. The van der Waals surface area contributed by atoms with Gasteiger partial charge in [-0.05, 0) is 47.4 Å². The third-order valence-corrected chi connectivity index (χ3v) is 3.80. The van der Waals surface area contributed by atoms with Gasteiger partial charge in [0.2, 0.25) is 0 Å². The predicted octanol–water partition coefficient (Wildman–Crippen LogP) is 5.58. The van der Waals surface area contributed by atoms with Gasteiger partial charge in [-0.1, -0.05) is 49.7 Å². The maximum atomic E-state index is 6.02. The second-order valence-corrected chi connectivity index (χ2v) is 6.66. The minimum atomic E-state index is 0.600. The SMILES string of the molecule is CC(C)Cc1cc(CC(C)C)c(CCl)cc1Br. The second-order valence-electron chi connectivity index (χ2n) is 5.54. The number of rotatable bonds is 5.